The number of furan rings is 1. The molecular formula is C17H18N4O2. The van der Waals surface area contributed by atoms with Gasteiger partial charge in [-0.3, -0.25) is 4.79 Å². The van der Waals surface area contributed by atoms with E-state index in [0.29, 0.717) is 5.58 Å². The zero-order valence-electron chi connectivity index (χ0n) is 13.0. The lowest BCUT2D eigenvalue weighted by Crippen LogP contribution is -2.41. The molecule has 0 radical (unpaired) electrons. The summed E-state index contributed by atoms with van der Waals surface area (Å²) >= 11 is 0. The first-order valence-electron chi connectivity index (χ1n) is 7.86. The standard InChI is InChI=1S/C17H18N4O2/c1-11(22)21-8-6-12(7-9-21)20-17-16-15(18-10-19-17)13-4-2-3-5-14(13)23-16/h2-5,10,12H,6-9H2,1H3,(H,18,19,20). The average molecular weight is 310 g/mol. The zero-order chi connectivity index (χ0) is 15.8. The van der Waals surface area contributed by atoms with Crippen LogP contribution in [0.1, 0.15) is 19.8 Å². The van der Waals surface area contributed by atoms with E-state index in [-0.39, 0.29) is 11.9 Å². The summed E-state index contributed by atoms with van der Waals surface area (Å²) < 4.78 is 5.93. The summed E-state index contributed by atoms with van der Waals surface area (Å²) in [5, 5.41) is 4.46. The molecule has 3 aromatic rings. The lowest BCUT2D eigenvalue weighted by molar-refractivity contribution is -0.129. The van der Waals surface area contributed by atoms with Gasteiger partial charge >= 0.3 is 0 Å². The summed E-state index contributed by atoms with van der Waals surface area (Å²) in [7, 11) is 0. The van der Waals surface area contributed by atoms with Gasteiger partial charge in [0.15, 0.2) is 11.4 Å². The van der Waals surface area contributed by atoms with Crippen LogP contribution in [-0.2, 0) is 4.79 Å². The van der Waals surface area contributed by atoms with Crippen LogP contribution in [0.2, 0.25) is 0 Å². The summed E-state index contributed by atoms with van der Waals surface area (Å²) in [6.07, 6.45) is 3.38. The van der Waals surface area contributed by atoms with Gasteiger partial charge in [0.05, 0.1) is 0 Å². The Morgan fingerprint density at radius 1 is 1.26 bits per heavy atom. The summed E-state index contributed by atoms with van der Waals surface area (Å²) in [6.45, 7) is 3.18. The summed E-state index contributed by atoms with van der Waals surface area (Å²) in [6, 6.07) is 8.15. The van der Waals surface area contributed by atoms with Gasteiger partial charge in [-0.25, -0.2) is 9.97 Å². The van der Waals surface area contributed by atoms with Crippen molar-refractivity contribution in [2.24, 2.45) is 0 Å². The molecule has 1 aromatic carbocycles. The fourth-order valence-electron chi connectivity index (χ4n) is 3.16. The number of anilines is 1. The lowest BCUT2D eigenvalue weighted by Gasteiger charge is -2.31. The van der Waals surface area contributed by atoms with E-state index in [4.69, 9.17) is 4.42 Å². The van der Waals surface area contributed by atoms with Crippen molar-refractivity contribution in [2.75, 3.05) is 18.4 Å². The second kappa shape index (κ2) is 5.53. The molecule has 1 aliphatic heterocycles. The Labute approximate surface area is 133 Å². The number of fused-ring (bicyclic) bond motifs is 3. The Kier molecular flexibility index (Phi) is 3.37. The molecular weight excluding hydrogens is 292 g/mol. The van der Waals surface area contributed by atoms with Crippen LogP contribution in [0.15, 0.2) is 35.0 Å². The largest absolute Gasteiger partial charge is 0.450 e. The Bertz CT molecular complexity index is 865. The molecule has 3 heterocycles. The molecule has 118 valence electrons. The number of benzene rings is 1. The Balaban J connectivity index is 1.61. The lowest BCUT2D eigenvalue weighted by atomic mass is 10.1. The molecule has 0 saturated carbocycles. The minimum atomic E-state index is 0.144. The third kappa shape index (κ3) is 2.50. The first kappa shape index (κ1) is 14.0. The SMILES string of the molecule is CC(=O)N1CCC(Nc2ncnc3c2oc2ccccc23)CC1. The topological polar surface area (TPSA) is 71.3 Å². The van der Waals surface area contributed by atoms with E-state index in [9.17, 15) is 4.79 Å². The van der Waals surface area contributed by atoms with Crippen LogP contribution in [0.25, 0.3) is 22.1 Å². The molecule has 0 aliphatic carbocycles. The molecule has 6 nitrogen and oxygen atoms in total. The van der Waals surface area contributed by atoms with E-state index in [1.165, 1.54) is 0 Å². The molecule has 23 heavy (non-hydrogen) atoms. The molecule has 4 rings (SSSR count). The normalized spacial score (nSPS) is 16.1. The number of carbonyl (C=O) groups is 1. The second-order valence-electron chi connectivity index (χ2n) is 5.92. The smallest absolute Gasteiger partial charge is 0.219 e. The van der Waals surface area contributed by atoms with Crippen molar-refractivity contribution in [2.45, 2.75) is 25.8 Å². The van der Waals surface area contributed by atoms with Crippen molar-refractivity contribution in [3.8, 4) is 0 Å². The highest BCUT2D eigenvalue weighted by Gasteiger charge is 2.22. The number of likely N-dealkylation sites (tertiary alicyclic amines) is 1. The van der Waals surface area contributed by atoms with E-state index in [2.05, 4.69) is 15.3 Å². The highest BCUT2D eigenvalue weighted by atomic mass is 16.3. The van der Waals surface area contributed by atoms with Crippen LogP contribution in [0.5, 0.6) is 0 Å². The quantitative estimate of drug-likeness (QED) is 0.788. The van der Waals surface area contributed by atoms with Crippen molar-refractivity contribution >= 4 is 33.8 Å². The van der Waals surface area contributed by atoms with E-state index in [0.717, 1.165) is 48.2 Å². The summed E-state index contributed by atoms with van der Waals surface area (Å²) in [4.78, 5) is 22.0. The third-order valence-electron chi connectivity index (χ3n) is 4.44. The number of nitrogens with zero attached hydrogens (tertiary/aromatic N) is 3. The van der Waals surface area contributed by atoms with Gasteiger partial charge in [0, 0.05) is 31.4 Å². The molecule has 1 fully saturated rings. The first-order valence-corrected chi connectivity index (χ1v) is 7.86. The highest BCUT2D eigenvalue weighted by molar-refractivity contribution is 6.05. The maximum atomic E-state index is 11.4. The maximum absolute atomic E-state index is 11.4. The summed E-state index contributed by atoms with van der Waals surface area (Å²) in [5.41, 5.74) is 2.35. The Hall–Kier alpha value is -2.63. The van der Waals surface area contributed by atoms with Gasteiger partial charge < -0.3 is 14.6 Å². The fraction of sp³-hybridized carbons (Fsp3) is 0.353. The predicted molar refractivity (Wildman–Crippen MR) is 88.2 cm³/mol. The molecule has 1 N–H and O–H groups in total. The minimum absolute atomic E-state index is 0.144. The maximum Gasteiger partial charge on any atom is 0.219 e. The first-order chi connectivity index (χ1) is 11.2. The second-order valence-corrected chi connectivity index (χ2v) is 5.92. The number of rotatable bonds is 2. The molecule has 0 unspecified atom stereocenters. The van der Waals surface area contributed by atoms with Gasteiger partial charge in [0.1, 0.15) is 17.4 Å². The molecule has 1 saturated heterocycles. The fourth-order valence-corrected chi connectivity index (χ4v) is 3.16. The number of aromatic nitrogens is 2. The van der Waals surface area contributed by atoms with Gasteiger partial charge in [-0.2, -0.15) is 0 Å². The Morgan fingerprint density at radius 2 is 2.04 bits per heavy atom. The van der Waals surface area contributed by atoms with E-state index in [1.54, 1.807) is 13.3 Å². The van der Waals surface area contributed by atoms with Crippen molar-refractivity contribution < 1.29 is 9.21 Å². The average Bonchev–Trinajstić information content (AvgIpc) is 2.95. The molecule has 0 atom stereocenters. The summed E-state index contributed by atoms with van der Waals surface area (Å²) in [5.74, 6) is 0.873. The Morgan fingerprint density at radius 3 is 2.83 bits per heavy atom. The number of hydrogen-bond donors (Lipinski definition) is 1. The van der Waals surface area contributed by atoms with Gasteiger partial charge in [0.25, 0.3) is 0 Å². The van der Waals surface area contributed by atoms with Gasteiger partial charge in [-0.05, 0) is 25.0 Å². The van der Waals surface area contributed by atoms with Crippen LogP contribution in [-0.4, -0.2) is 39.9 Å². The van der Waals surface area contributed by atoms with Gasteiger partial charge in [-0.15, -0.1) is 0 Å². The van der Waals surface area contributed by atoms with Crippen LogP contribution in [0.4, 0.5) is 5.82 Å². The third-order valence-corrected chi connectivity index (χ3v) is 4.44. The molecule has 0 bridgehead atoms. The predicted octanol–water partition coefficient (Wildman–Crippen LogP) is 2.80. The van der Waals surface area contributed by atoms with Crippen LogP contribution < -0.4 is 5.32 Å². The van der Waals surface area contributed by atoms with Gasteiger partial charge in [-0.1, -0.05) is 12.1 Å². The molecule has 6 heteroatoms. The van der Waals surface area contributed by atoms with Crippen molar-refractivity contribution in [3.63, 3.8) is 0 Å². The number of piperidine rings is 1. The molecule has 1 amide bonds. The number of hydrogen-bond acceptors (Lipinski definition) is 5. The minimum Gasteiger partial charge on any atom is -0.450 e. The zero-order valence-corrected chi connectivity index (χ0v) is 13.0. The van der Waals surface area contributed by atoms with Crippen LogP contribution in [0, 0.1) is 0 Å². The molecule has 0 spiro atoms. The van der Waals surface area contributed by atoms with Crippen molar-refractivity contribution in [3.05, 3.63) is 30.6 Å². The highest BCUT2D eigenvalue weighted by Crippen LogP contribution is 2.31. The van der Waals surface area contributed by atoms with Crippen LogP contribution >= 0.6 is 0 Å². The number of carbonyl (C=O) groups excluding carboxylic acids is 1. The van der Waals surface area contributed by atoms with Crippen molar-refractivity contribution in [1.82, 2.24) is 14.9 Å². The number of amides is 1. The van der Waals surface area contributed by atoms with E-state index < -0.39 is 0 Å². The molecule has 2 aromatic heterocycles. The van der Waals surface area contributed by atoms with E-state index in [1.807, 2.05) is 29.2 Å². The van der Waals surface area contributed by atoms with E-state index >= 15 is 0 Å². The number of nitrogens with one attached hydrogen (secondary N) is 1. The van der Waals surface area contributed by atoms with Crippen LogP contribution in [0.3, 0.4) is 0 Å². The monoisotopic (exact) mass is 310 g/mol. The van der Waals surface area contributed by atoms with Crippen molar-refractivity contribution in [1.29, 1.82) is 0 Å². The number of para-hydroxylation sites is 1. The van der Waals surface area contributed by atoms with Gasteiger partial charge in [0.2, 0.25) is 5.91 Å². The molecule has 1 aliphatic rings.